The van der Waals surface area contributed by atoms with Crippen molar-refractivity contribution >= 4 is 11.0 Å². The van der Waals surface area contributed by atoms with Crippen LogP contribution >= 0.6 is 0 Å². The van der Waals surface area contributed by atoms with Gasteiger partial charge in [0.15, 0.2) is 0 Å². The third-order valence-electron chi connectivity index (χ3n) is 5.15. The topological polar surface area (TPSA) is 41.9 Å². The van der Waals surface area contributed by atoms with Gasteiger partial charge in [-0.1, -0.05) is 13.0 Å². The largest absolute Gasteiger partial charge is 0.302 e. The fourth-order valence-corrected chi connectivity index (χ4v) is 3.39. The van der Waals surface area contributed by atoms with E-state index in [9.17, 15) is 4.39 Å². The summed E-state index contributed by atoms with van der Waals surface area (Å²) < 4.78 is 13.8. The average Bonchev–Trinajstić information content (AvgIpc) is 2.75. The van der Waals surface area contributed by atoms with E-state index >= 15 is 0 Å². The molecule has 29 heavy (non-hydrogen) atoms. The summed E-state index contributed by atoms with van der Waals surface area (Å²) in [5, 5.41) is 0. The number of nitrogens with zero attached hydrogens (tertiary/aromatic N) is 4. The van der Waals surface area contributed by atoms with Crippen molar-refractivity contribution < 1.29 is 4.39 Å². The summed E-state index contributed by atoms with van der Waals surface area (Å²) in [4.78, 5) is 15.8. The van der Waals surface area contributed by atoms with Crippen molar-refractivity contribution in [3.8, 4) is 22.4 Å². The first-order valence-electron chi connectivity index (χ1n) is 9.70. The normalized spacial score (nSPS) is 11.3. The molecule has 2 aromatic carbocycles. The van der Waals surface area contributed by atoms with Gasteiger partial charge < -0.3 is 4.90 Å². The van der Waals surface area contributed by atoms with Crippen molar-refractivity contribution in [3.05, 3.63) is 78.0 Å². The second-order valence-electron chi connectivity index (χ2n) is 7.29. The highest BCUT2D eigenvalue weighted by Gasteiger charge is 2.13. The lowest BCUT2D eigenvalue weighted by Crippen LogP contribution is -2.16. The molecule has 0 unspecified atom stereocenters. The van der Waals surface area contributed by atoms with Crippen LogP contribution in [0.4, 0.5) is 4.39 Å². The Hall–Kier alpha value is -3.18. The minimum absolute atomic E-state index is 0.211. The molecule has 146 valence electrons. The van der Waals surface area contributed by atoms with E-state index < -0.39 is 0 Å². The highest BCUT2D eigenvalue weighted by molar-refractivity contribution is 5.87. The average molecular weight is 386 g/mol. The molecule has 2 heterocycles. The third kappa shape index (κ3) is 4.00. The van der Waals surface area contributed by atoms with Gasteiger partial charge in [-0.2, -0.15) is 0 Å². The molecular formula is C24H23FN4. The summed E-state index contributed by atoms with van der Waals surface area (Å²) in [5.74, 6) is -0.211. The van der Waals surface area contributed by atoms with Gasteiger partial charge in [0.2, 0.25) is 0 Å². The fraction of sp³-hybridized carbons (Fsp3) is 0.208. The molecular weight excluding hydrogens is 363 g/mol. The van der Waals surface area contributed by atoms with Crippen molar-refractivity contribution in [2.24, 2.45) is 0 Å². The Bertz CT molecular complexity index is 1170. The number of benzene rings is 2. The van der Waals surface area contributed by atoms with Gasteiger partial charge in [-0.05, 0) is 73.6 Å². The van der Waals surface area contributed by atoms with E-state index in [0.717, 1.165) is 52.1 Å². The lowest BCUT2D eigenvalue weighted by Gasteiger charge is -2.17. The molecule has 0 radical (unpaired) electrons. The van der Waals surface area contributed by atoms with E-state index in [1.165, 1.54) is 6.07 Å². The molecule has 5 heteroatoms. The molecule has 0 aliphatic carbocycles. The maximum absolute atomic E-state index is 13.8. The van der Waals surface area contributed by atoms with Crippen LogP contribution in [0.2, 0.25) is 0 Å². The van der Waals surface area contributed by atoms with Gasteiger partial charge in [0.1, 0.15) is 5.82 Å². The van der Waals surface area contributed by atoms with E-state index in [1.54, 1.807) is 25.4 Å². The van der Waals surface area contributed by atoms with Gasteiger partial charge in [0, 0.05) is 36.3 Å². The molecule has 4 rings (SSSR count). The summed E-state index contributed by atoms with van der Waals surface area (Å²) in [6.45, 7) is 5.67. The van der Waals surface area contributed by atoms with Crippen molar-refractivity contribution in [2.75, 3.05) is 13.6 Å². The first-order valence-corrected chi connectivity index (χ1v) is 9.70. The standard InChI is InChI=1S/C24H23FN4/c1-4-29(3)15-17-12-20(18-6-8-22-23(13-18)27-10-9-26-22)24(28-14-17)19-5-7-21(25)16(2)11-19/h5-14H,4,15H2,1-3H3. The van der Waals surface area contributed by atoms with E-state index in [-0.39, 0.29) is 5.82 Å². The van der Waals surface area contributed by atoms with Gasteiger partial charge in [0.05, 0.1) is 16.7 Å². The Morgan fingerprint density at radius 3 is 2.41 bits per heavy atom. The molecule has 0 bridgehead atoms. The SMILES string of the molecule is CCN(C)Cc1cnc(-c2ccc(F)c(C)c2)c(-c2ccc3nccnc3c2)c1. The Morgan fingerprint density at radius 1 is 0.897 bits per heavy atom. The number of halogens is 1. The maximum atomic E-state index is 13.8. The zero-order chi connectivity index (χ0) is 20.4. The van der Waals surface area contributed by atoms with Crippen LogP contribution in [-0.2, 0) is 6.54 Å². The quantitative estimate of drug-likeness (QED) is 0.469. The molecule has 4 aromatic rings. The summed E-state index contributed by atoms with van der Waals surface area (Å²) in [5.41, 5.74) is 7.18. The number of hydrogen-bond acceptors (Lipinski definition) is 4. The molecule has 0 saturated heterocycles. The monoisotopic (exact) mass is 386 g/mol. The summed E-state index contributed by atoms with van der Waals surface area (Å²) >= 11 is 0. The number of pyridine rings is 1. The van der Waals surface area contributed by atoms with E-state index in [1.807, 2.05) is 30.5 Å². The summed E-state index contributed by atoms with van der Waals surface area (Å²) in [6, 6.07) is 13.4. The molecule has 0 aliphatic heterocycles. The Balaban J connectivity index is 1.89. The van der Waals surface area contributed by atoms with E-state index in [2.05, 4.69) is 34.9 Å². The van der Waals surface area contributed by atoms with Crippen LogP contribution in [0.1, 0.15) is 18.1 Å². The number of hydrogen-bond donors (Lipinski definition) is 0. The van der Waals surface area contributed by atoms with Gasteiger partial charge in [-0.15, -0.1) is 0 Å². The number of aryl methyl sites for hydroxylation is 1. The predicted octanol–water partition coefficient (Wildman–Crippen LogP) is 5.26. The second-order valence-corrected chi connectivity index (χ2v) is 7.29. The fourth-order valence-electron chi connectivity index (χ4n) is 3.39. The zero-order valence-corrected chi connectivity index (χ0v) is 16.9. The molecule has 0 aliphatic rings. The Labute approximate surface area is 170 Å². The number of fused-ring (bicyclic) bond motifs is 1. The Morgan fingerprint density at radius 2 is 1.66 bits per heavy atom. The van der Waals surface area contributed by atoms with Crippen LogP contribution in [0.15, 0.2) is 61.1 Å². The highest BCUT2D eigenvalue weighted by Crippen LogP contribution is 2.33. The minimum atomic E-state index is -0.211. The molecule has 0 N–H and O–H groups in total. The lowest BCUT2D eigenvalue weighted by atomic mass is 9.96. The molecule has 0 atom stereocenters. The first-order chi connectivity index (χ1) is 14.0. The summed E-state index contributed by atoms with van der Waals surface area (Å²) in [6.07, 6.45) is 5.29. The highest BCUT2D eigenvalue weighted by atomic mass is 19.1. The third-order valence-corrected chi connectivity index (χ3v) is 5.15. The smallest absolute Gasteiger partial charge is 0.126 e. The van der Waals surface area contributed by atoms with Gasteiger partial charge in [0.25, 0.3) is 0 Å². The number of aromatic nitrogens is 3. The first kappa shape index (κ1) is 19.2. The van der Waals surface area contributed by atoms with Crippen LogP contribution in [0.3, 0.4) is 0 Å². The van der Waals surface area contributed by atoms with Crippen molar-refractivity contribution in [1.29, 1.82) is 0 Å². The van der Waals surface area contributed by atoms with Crippen LogP contribution in [0, 0.1) is 12.7 Å². The predicted molar refractivity (Wildman–Crippen MR) is 115 cm³/mol. The van der Waals surface area contributed by atoms with Crippen LogP contribution in [-0.4, -0.2) is 33.4 Å². The molecule has 2 aromatic heterocycles. The van der Waals surface area contributed by atoms with Crippen molar-refractivity contribution in [1.82, 2.24) is 19.9 Å². The molecule has 0 amide bonds. The second kappa shape index (κ2) is 8.05. The number of rotatable bonds is 5. The molecule has 0 fully saturated rings. The maximum Gasteiger partial charge on any atom is 0.126 e. The van der Waals surface area contributed by atoms with Crippen LogP contribution in [0.25, 0.3) is 33.4 Å². The molecule has 0 spiro atoms. The van der Waals surface area contributed by atoms with Crippen LogP contribution in [0.5, 0.6) is 0 Å². The summed E-state index contributed by atoms with van der Waals surface area (Å²) in [7, 11) is 2.09. The van der Waals surface area contributed by atoms with Gasteiger partial charge in [-0.25, -0.2) is 4.39 Å². The molecule has 4 nitrogen and oxygen atoms in total. The van der Waals surface area contributed by atoms with E-state index in [0.29, 0.717) is 5.56 Å². The Kier molecular flexibility index (Phi) is 5.32. The molecule has 0 saturated carbocycles. The van der Waals surface area contributed by atoms with Crippen molar-refractivity contribution in [2.45, 2.75) is 20.4 Å². The van der Waals surface area contributed by atoms with E-state index in [4.69, 9.17) is 4.98 Å². The van der Waals surface area contributed by atoms with Crippen LogP contribution < -0.4 is 0 Å². The zero-order valence-electron chi connectivity index (χ0n) is 16.9. The van der Waals surface area contributed by atoms with Gasteiger partial charge >= 0.3 is 0 Å². The van der Waals surface area contributed by atoms with Gasteiger partial charge in [-0.3, -0.25) is 15.0 Å². The lowest BCUT2D eigenvalue weighted by molar-refractivity contribution is 0.345. The minimum Gasteiger partial charge on any atom is -0.302 e. The van der Waals surface area contributed by atoms with Crippen molar-refractivity contribution in [3.63, 3.8) is 0 Å².